The van der Waals surface area contributed by atoms with Crippen molar-refractivity contribution in [2.75, 3.05) is 6.26 Å². The lowest BCUT2D eigenvalue weighted by atomic mass is 10.2. The van der Waals surface area contributed by atoms with Crippen LogP contribution in [0.15, 0.2) is 29.2 Å². The Bertz CT molecular complexity index is 407. The number of hydrogen-bond donors (Lipinski definition) is 0. The van der Waals surface area contributed by atoms with Crippen LogP contribution in [0, 0.1) is 0 Å². The summed E-state index contributed by atoms with van der Waals surface area (Å²) in [5, 5.41) is 0. The van der Waals surface area contributed by atoms with Gasteiger partial charge < -0.3 is 0 Å². The third kappa shape index (κ3) is 2.66. The van der Waals surface area contributed by atoms with E-state index in [9.17, 15) is 13.2 Å². The average molecular weight is 197 g/mol. The van der Waals surface area contributed by atoms with E-state index in [0.29, 0.717) is 5.56 Å². The van der Waals surface area contributed by atoms with Gasteiger partial charge in [0.15, 0.2) is 9.84 Å². The van der Waals surface area contributed by atoms with Crippen molar-refractivity contribution < 1.29 is 13.2 Å². The summed E-state index contributed by atoms with van der Waals surface area (Å²) >= 11 is 0. The highest BCUT2D eigenvalue weighted by molar-refractivity contribution is 7.90. The van der Waals surface area contributed by atoms with Gasteiger partial charge >= 0.3 is 0 Å². The van der Waals surface area contributed by atoms with E-state index in [1.54, 1.807) is 18.4 Å². The summed E-state index contributed by atoms with van der Waals surface area (Å²) in [6.07, 6.45) is 2.98. The Hall–Kier alpha value is -1.16. The van der Waals surface area contributed by atoms with Crippen LogP contribution in [-0.4, -0.2) is 21.0 Å². The minimum absolute atomic E-state index is 0.128. The van der Waals surface area contributed by atoms with Crippen LogP contribution in [0.1, 0.15) is 5.56 Å². The number of benzene rings is 1. The van der Waals surface area contributed by atoms with Crippen molar-refractivity contribution in [1.29, 1.82) is 0 Å². The zero-order valence-electron chi connectivity index (χ0n) is 7.15. The molecule has 1 rings (SSSR count). The molecule has 69 valence electrons. The van der Waals surface area contributed by atoms with Crippen molar-refractivity contribution in [3.8, 4) is 0 Å². The van der Waals surface area contributed by atoms with Gasteiger partial charge in [-0.1, -0.05) is 12.1 Å². The van der Waals surface area contributed by atoms with Crippen LogP contribution in [-0.2, 0) is 21.1 Å². The molecule has 0 aromatic heterocycles. The molecule has 0 saturated carbocycles. The zero-order chi connectivity index (χ0) is 9.90. The molecule has 0 unspecified atom stereocenters. The third-order valence-corrected chi connectivity index (χ3v) is 2.71. The minimum atomic E-state index is -3.17. The van der Waals surface area contributed by atoms with Crippen molar-refractivity contribution in [3.63, 3.8) is 0 Å². The van der Waals surface area contributed by atoms with E-state index < -0.39 is 9.84 Å². The van der Waals surface area contributed by atoms with Crippen LogP contribution < -0.4 is 0 Å². The Morgan fingerprint density at radius 3 is 2.62 bits per heavy atom. The van der Waals surface area contributed by atoms with Gasteiger partial charge in [0.25, 0.3) is 0 Å². The molecule has 0 aliphatic heterocycles. The Morgan fingerprint density at radius 1 is 1.38 bits per heavy atom. The number of carbonyl (C=O) groups excluding carboxylic acids is 1. The van der Waals surface area contributed by atoms with E-state index in [-0.39, 0.29) is 11.3 Å². The predicted octanol–water partition coefficient (Wildman–Crippen LogP) is 0.742. The SMILES string of the molecule is CS(=O)(=O)c1cccc(C[C]=O)c1. The Kier molecular flexibility index (Phi) is 2.83. The fourth-order valence-corrected chi connectivity index (χ4v) is 1.66. The topological polar surface area (TPSA) is 51.2 Å². The van der Waals surface area contributed by atoms with E-state index in [0.717, 1.165) is 6.26 Å². The zero-order valence-corrected chi connectivity index (χ0v) is 7.97. The lowest BCUT2D eigenvalue weighted by Crippen LogP contribution is -1.98. The molecule has 1 aromatic rings. The van der Waals surface area contributed by atoms with Crippen molar-refractivity contribution >= 4 is 16.1 Å². The van der Waals surface area contributed by atoms with Gasteiger partial charge in [0.2, 0.25) is 6.29 Å². The summed E-state index contributed by atoms with van der Waals surface area (Å²) in [6.45, 7) is 0. The summed E-state index contributed by atoms with van der Waals surface area (Å²) in [4.78, 5) is 10.3. The molecule has 0 amide bonds. The summed E-state index contributed by atoms with van der Waals surface area (Å²) in [5.41, 5.74) is 0.665. The monoisotopic (exact) mass is 197 g/mol. The first kappa shape index (κ1) is 9.92. The molecule has 0 heterocycles. The number of hydrogen-bond acceptors (Lipinski definition) is 3. The van der Waals surface area contributed by atoms with E-state index in [2.05, 4.69) is 0 Å². The van der Waals surface area contributed by atoms with E-state index in [1.807, 2.05) is 0 Å². The second kappa shape index (κ2) is 3.70. The van der Waals surface area contributed by atoms with Crippen molar-refractivity contribution in [2.24, 2.45) is 0 Å². The standard InChI is InChI=1S/C9H9O3S/c1-13(11,12)9-4-2-3-8(7-9)5-6-10/h2-4,7H,5H2,1H3. The highest BCUT2D eigenvalue weighted by atomic mass is 32.2. The molecule has 0 atom stereocenters. The molecular weight excluding hydrogens is 188 g/mol. The maximum Gasteiger partial charge on any atom is 0.203 e. The smallest absolute Gasteiger partial charge is 0.203 e. The fraction of sp³-hybridized carbons (Fsp3) is 0.222. The molecule has 0 aliphatic rings. The van der Waals surface area contributed by atoms with Crippen LogP contribution in [0.4, 0.5) is 0 Å². The van der Waals surface area contributed by atoms with Crippen molar-refractivity contribution in [1.82, 2.24) is 0 Å². The Morgan fingerprint density at radius 2 is 2.08 bits per heavy atom. The Labute approximate surface area is 77.3 Å². The predicted molar refractivity (Wildman–Crippen MR) is 48.9 cm³/mol. The molecule has 1 aromatic carbocycles. The van der Waals surface area contributed by atoms with Gasteiger partial charge in [-0.2, -0.15) is 0 Å². The summed E-state index contributed by atoms with van der Waals surface area (Å²) in [5.74, 6) is 0. The highest BCUT2D eigenvalue weighted by Gasteiger charge is 2.06. The van der Waals surface area contributed by atoms with Crippen molar-refractivity contribution in [3.05, 3.63) is 29.8 Å². The van der Waals surface area contributed by atoms with Crippen LogP contribution in [0.25, 0.3) is 0 Å². The molecule has 0 spiro atoms. The van der Waals surface area contributed by atoms with Crippen LogP contribution in [0.2, 0.25) is 0 Å². The summed E-state index contributed by atoms with van der Waals surface area (Å²) < 4.78 is 22.2. The third-order valence-electron chi connectivity index (χ3n) is 1.60. The normalized spacial score (nSPS) is 11.2. The second-order valence-corrected chi connectivity index (χ2v) is 4.76. The van der Waals surface area contributed by atoms with Crippen LogP contribution in [0.3, 0.4) is 0 Å². The van der Waals surface area contributed by atoms with Crippen molar-refractivity contribution in [2.45, 2.75) is 11.3 Å². The molecular formula is C9H9O3S. The van der Waals surface area contributed by atoms with Gasteiger partial charge in [0.05, 0.1) is 4.90 Å². The van der Waals surface area contributed by atoms with Gasteiger partial charge in [-0.3, -0.25) is 4.79 Å². The van der Waals surface area contributed by atoms with E-state index in [4.69, 9.17) is 0 Å². The van der Waals surface area contributed by atoms with Gasteiger partial charge in [-0.25, -0.2) is 8.42 Å². The minimum Gasteiger partial charge on any atom is -0.291 e. The molecule has 0 N–H and O–H groups in total. The maximum absolute atomic E-state index is 11.1. The van der Waals surface area contributed by atoms with Gasteiger partial charge in [-0.15, -0.1) is 0 Å². The molecule has 0 aliphatic carbocycles. The molecule has 0 saturated heterocycles. The fourth-order valence-electron chi connectivity index (χ4n) is 0.969. The first-order valence-electron chi connectivity index (χ1n) is 3.68. The molecule has 0 fully saturated rings. The maximum atomic E-state index is 11.1. The van der Waals surface area contributed by atoms with Gasteiger partial charge in [0.1, 0.15) is 0 Å². The lowest BCUT2D eigenvalue weighted by Gasteiger charge is -1.99. The average Bonchev–Trinajstić information content (AvgIpc) is 2.04. The highest BCUT2D eigenvalue weighted by Crippen LogP contribution is 2.10. The first-order valence-corrected chi connectivity index (χ1v) is 5.57. The van der Waals surface area contributed by atoms with E-state index >= 15 is 0 Å². The number of rotatable bonds is 3. The molecule has 3 nitrogen and oxygen atoms in total. The molecule has 0 bridgehead atoms. The van der Waals surface area contributed by atoms with Gasteiger partial charge in [0, 0.05) is 12.7 Å². The second-order valence-electron chi connectivity index (χ2n) is 2.74. The van der Waals surface area contributed by atoms with E-state index in [1.165, 1.54) is 12.1 Å². The first-order chi connectivity index (χ1) is 6.04. The molecule has 13 heavy (non-hydrogen) atoms. The summed E-state index contributed by atoms with van der Waals surface area (Å²) in [6, 6.07) is 6.30. The lowest BCUT2D eigenvalue weighted by molar-refractivity contribution is 0.555. The molecule has 4 heteroatoms. The quantitative estimate of drug-likeness (QED) is 0.718. The van der Waals surface area contributed by atoms with Crippen LogP contribution >= 0.6 is 0 Å². The summed E-state index contributed by atoms with van der Waals surface area (Å²) in [7, 11) is -3.17. The largest absolute Gasteiger partial charge is 0.291 e. The number of sulfone groups is 1. The van der Waals surface area contributed by atoms with Crippen LogP contribution in [0.5, 0.6) is 0 Å². The van der Waals surface area contributed by atoms with Gasteiger partial charge in [-0.05, 0) is 17.7 Å². The molecule has 1 radical (unpaired) electrons. The Balaban J connectivity index is 3.13.